The summed E-state index contributed by atoms with van der Waals surface area (Å²) >= 11 is 0. The van der Waals surface area contributed by atoms with Crippen molar-refractivity contribution in [1.82, 2.24) is 0 Å². The number of nitrogens with two attached hydrogens (primary N) is 1. The lowest BCUT2D eigenvalue weighted by atomic mass is 9.94. The highest BCUT2D eigenvalue weighted by Gasteiger charge is 2.18. The van der Waals surface area contributed by atoms with Gasteiger partial charge in [0.25, 0.3) is 0 Å². The van der Waals surface area contributed by atoms with Crippen LogP contribution < -0.4 is 10.5 Å². The fourth-order valence-corrected chi connectivity index (χ4v) is 1.26. The van der Waals surface area contributed by atoms with E-state index in [9.17, 15) is 4.39 Å². The molecule has 0 unspecified atom stereocenters. The standard InChI is InChI=1S/C11H16FNO/c1-7-5-8(11(2,3)13)6-9(14-4)10(7)12/h5-6H,13H2,1-4H3. The Bertz CT molecular complexity index is 342. The molecule has 0 fully saturated rings. The summed E-state index contributed by atoms with van der Waals surface area (Å²) in [5.74, 6) is -0.0703. The van der Waals surface area contributed by atoms with Crippen LogP contribution in [0.1, 0.15) is 25.0 Å². The zero-order chi connectivity index (χ0) is 10.9. The molecule has 0 heterocycles. The summed E-state index contributed by atoms with van der Waals surface area (Å²) in [6, 6.07) is 3.39. The molecule has 0 spiro atoms. The molecule has 1 rings (SSSR count). The van der Waals surface area contributed by atoms with Crippen LogP contribution in [0.2, 0.25) is 0 Å². The van der Waals surface area contributed by atoms with Crippen molar-refractivity contribution in [1.29, 1.82) is 0 Å². The predicted octanol–water partition coefficient (Wildman–Crippen LogP) is 2.34. The van der Waals surface area contributed by atoms with Gasteiger partial charge in [-0.3, -0.25) is 0 Å². The van der Waals surface area contributed by atoms with Crippen molar-refractivity contribution in [3.8, 4) is 5.75 Å². The molecule has 2 nitrogen and oxygen atoms in total. The van der Waals surface area contributed by atoms with Gasteiger partial charge in [-0.25, -0.2) is 4.39 Å². The van der Waals surface area contributed by atoms with Crippen molar-refractivity contribution < 1.29 is 9.13 Å². The zero-order valence-corrected chi connectivity index (χ0v) is 9.02. The van der Waals surface area contributed by atoms with Crippen molar-refractivity contribution in [3.63, 3.8) is 0 Å². The second-order valence-corrected chi connectivity index (χ2v) is 4.03. The van der Waals surface area contributed by atoms with Gasteiger partial charge in [-0.2, -0.15) is 0 Å². The van der Waals surface area contributed by atoms with Gasteiger partial charge >= 0.3 is 0 Å². The van der Waals surface area contributed by atoms with Crippen LogP contribution in [0.4, 0.5) is 4.39 Å². The van der Waals surface area contributed by atoms with Gasteiger partial charge in [0, 0.05) is 5.54 Å². The van der Waals surface area contributed by atoms with Gasteiger partial charge in [-0.15, -0.1) is 0 Å². The van der Waals surface area contributed by atoms with E-state index in [2.05, 4.69) is 0 Å². The number of hydrogen-bond donors (Lipinski definition) is 1. The second kappa shape index (κ2) is 3.58. The van der Waals surface area contributed by atoms with Gasteiger partial charge in [0.2, 0.25) is 0 Å². The van der Waals surface area contributed by atoms with Gasteiger partial charge in [-0.05, 0) is 38.0 Å². The highest BCUT2D eigenvalue weighted by atomic mass is 19.1. The maximum Gasteiger partial charge on any atom is 0.167 e. The van der Waals surface area contributed by atoms with E-state index in [0.717, 1.165) is 5.56 Å². The first-order valence-corrected chi connectivity index (χ1v) is 4.49. The molecule has 0 atom stereocenters. The second-order valence-electron chi connectivity index (χ2n) is 4.03. The minimum absolute atomic E-state index is 0.249. The van der Waals surface area contributed by atoms with Crippen molar-refractivity contribution >= 4 is 0 Å². The lowest BCUT2D eigenvalue weighted by molar-refractivity contribution is 0.382. The molecule has 0 aliphatic rings. The van der Waals surface area contributed by atoms with E-state index in [-0.39, 0.29) is 11.6 Å². The normalized spacial score (nSPS) is 11.6. The minimum Gasteiger partial charge on any atom is -0.494 e. The molecular weight excluding hydrogens is 181 g/mol. The molecule has 2 N–H and O–H groups in total. The van der Waals surface area contributed by atoms with Gasteiger partial charge < -0.3 is 10.5 Å². The Morgan fingerprint density at radius 3 is 2.36 bits per heavy atom. The van der Waals surface area contributed by atoms with E-state index >= 15 is 0 Å². The molecule has 0 aliphatic heterocycles. The molecule has 0 aliphatic carbocycles. The first kappa shape index (κ1) is 11.0. The summed E-state index contributed by atoms with van der Waals surface area (Å²) in [4.78, 5) is 0. The van der Waals surface area contributed by atoms with Gasteiger partial charge in [0.15, 0.2) is 11.6 Å². The Labute approximate surface area is 83.9 Å². The molecule has 3 heteroatoms. The molecule has 0 saturated heterocycles. The Morgan fingerprint density at radius 2 is 1.93 bits per heavy atom. The van der Waals surface area contributed by atoms with Crippen molar-refractivity contribution in [2.45, 2.75) is 26.3 Å². The molecule has 1 aromatic carbocycles. The number of rotatable bonds is 2. The fourth-order valence-electron chi connectivity index (χ4n) is 1.26. The number of ether oxygens (including phenoxy) is 1. The number of hydrogen-bond acceptors (Lipinski definition) is 2. The first-order chi connectivity index (χ1) is 6.36. The van der Waals surface area contributed by atoms with E-state index in [1.165, 1.54) is 7.11 Å². The van der Waals surface area contributed by atoms with E-state index in [1.54, 1.807) is 19.1 Å². The van der Waals surface area contributed by atoms with Crippen molar-refractivity contribution in [2.24, 2.45) is 5.73 Å². The van der Waals surface area contributed by atoms with Crippen LogP contribution in [0.25, 0.3) is 0 Å². The van der Waals surface area contributed by atoms with Gasteiger partial charge in [0.05, 0.1) is 7.11 Å². The molecule has 14 heavy (non-hydrogen) atoms. The third-order valence-corrected chi connectivity index (χ3v) is 2.19. The van der Waals surface area contributed by atoms with Crippen LogP contribution in [0.3, 0.4) is 0 Å². The van der Waals surface area contributed by atoms with E-state index in [4.69, 9.17) is 10.5 Å². The SMILES string of the molecule is COc1cc(C(C)(C)N)cc(C)c1F. The summed E-state index contributed by atoms with van der Waals surface area (Å²) in [7, 11) is 1.45. The van der Waals surface area contributed by atoms with E-state index in [1.807, 2.05) is 13.8 Å². The van der Waals surface area contributed by atoms with Gasteiger partial charge in [-0.1, -0.05) is 6.07 Å². The van der Waals surface area contributed by atoms with E-state index in [0.29, 0.717) is 5.56 Å². The number of aryl methyl sites for hydroxylation is 1. The van der Waals surface area contributed by atoms with Crippen LogP contribution in [-0.4, -0.2) is 7.11 Å². The van der Waals surface area contributed by atoms with Crippen LogP contribution in [-0.2, 0) is 5.54 Å². The Hall–Kier alpha value is -1.09. The molecule has 0 radical (unpaired) electrons. The van der Waals surface area contributed by atoms with Crippen LogP contribution in [0.15, 0.2) is 12.1 Å². The lowest BCUT2D eigenvalue weighted by Gasteiger charge is -2.20. The summed E-state index contributed by atoms with van der Waals surface area (Å²) in [6.45, 7) is 5.45. The Kier molecular flexibility index (Phi) is 2.81. The number of methoxy groups -OCH3 is 1. The molecule has 0 bridgehead atoms. The zero-order valence-electron chi connectivity index (χ0n) is 9.02. The maximum absolute atomic E-state index is 13.4. The van der Waals surface area contributed by atoms with E-state index < -0.39 is 5.54 Å². The topological polar surface area (TPSA) is 35.2 Å². The highest BCUT2D eigenvalue weighted by molar-refractivity contribution is 5.38. The maximum atomic E-state index is 13.4. The van der Waals surface area contributed by atoms with Crippen molar-refractivity contribution in [2.75, 3.05) is 7.11 Å². The van der Waals surface area contributed by atoms with Crippen molar-refractivity contribution in [3.05, 3.63) is 29.1 Å². The van der Waals surface area contributed by atoms with Crippen LogP contribution >= 0.6 is 0 Å². The fraction of sp³-hybridized carbons (Fsp3) is 0.455. The van der Waals surface area contributed by atoms with Crippen LogP contribution in [0, 0.1) is 12.7 Å². The summed E-state index contributed by atoms with van der Waals surface area (Å²) in [5.41, 5.74) is 6.86. The average molecular weight is 197 g/mol. The molecule has 0 saturated carbocycles. The number of halogens is 1. The van der Waals surface area contributed by atoms with Gasteiger partial charge in [0.1, 0.15) is 0 Å². The largest absolute Gasteiger partial charge is 0.494 e. The quantitative estimate of drug-likeness (QED) is 0.789. The predicted molar refractivity (Wildman–Crippen MR) is 54.9 cm³/mol. The lowest BCUT2D eigenvalue weighted by Crippen LogP contribution is -2.28. The van der Waals surface area contributed by atoms with Crippen LogP contribution in [0.5, 0.6) is 5.75 Å². The summed E-state index contributed by atoms with van der Waals surface area (Å²) in [5, 5.41) is 0. The minimum atomic E-state index is -0.480. The monoisotopic (exact) mass is 197 g/mol. The third-order valence-electron chi connectivity index (χ3n) is 2.19. The molecule has 1 aromatic rings. The molecule has 0 amide bonds. The molecular formula is C11H16FNO. The Morgan fingerprint density at radius 1 is 1.36 bits per heavy atom. The highest BCUT2D eigenvalue weighted by Crippen LogP contribution is 2.27. The summed E-state index contributed by atoms with van der Waals surface area (Å²) < 4.78 is 18.3. The summed E-state index contributed by atoms with van der Waals surface area (Å²) in [6.07, 6.45) is 0. The average Bonchev–Trinajstić information content (AvgIpc) is 2.07. The Balaban J connectivity index is 3.30. The molecule has 0 aromatic heterocycles. The smallest absolute Gasteiger partial charge is 0.167 e. The third kappa shape index (κ3) is 2.04. The first-order valence-electron chi connectivity index (χ1n) is 4.49. The number of benzene rings is 1. The molecule has 78 valence electrons.